The van der Waals surface area contributed by atoms with Gasteiger partial charge in [0.25, 0.3) is 0 Å². The number of fused-ring (bicyclic) bond motifs is 7. The van der Waals surface area contributed by atoms with Gasteiger partial charge in [-0.15, -0.1) is 0 Å². The van der Waals surface area contributed by atoms with Crippen LogP contribution in [0.2, 0.25) is 0 Å². The summed E-state index contributed by atoms with van der Waals surface area (Å²) in [6.07, 6.45) is 13.6. The molecule has 0 radical (unpaired) electrons. The predicted molar refractivity (Wildman–Crippen MR) is 194 cm³/mol. The molecule has 272 valence electrons. The average molecular weight is 697 g/mol. The molecule has 5 fully saturated rings. The SMILES string of the molecule is COC(=O)c1ccc(C2=CC[C@]3(C)[C@H]4CC[C@@H]5[C@H]6[C@H](C)CC[C@]6(NCCN6CCS(=O)(=O)CC6)CC[C@@]5(C)[C@]4(C)CC[C@H]3C2(C)C)cc1F. The predicted octanol–water partition coefficient (Wildman–Crippen LogP) is 7.78. The van der Waals surface area contributed by atoms with Crippen LogP contribution in [-0.4, -0.2) is 69.6 Å². The van der Waals surface area contributed by atoms with E-state index in [4.69, 9.17) is 4.74 Å². The number of esters is 1. The second kappa shape index (κ2) is 12.1. The maximum Gasteiger partial charge on any atom is 0.340 e. The smallest absolute Gasteiger partial charge is 0.340 e. The Labute approximate surface area is 295 Å². The van der Waals surface area contributed by atoms with Crippen LogP contribution in [0.25, 0.3) is 5.57 Å². The van der Waals surface area contributed by atoms with Crippen LogP contribution in [0.5, 0.6) is 0 Å². The third-order valence-corrected chi connectivity index (χ3v) is 18.0. The number of methoxy groups -OCH3 is 1. The highest BCUT2D eigenvalue weighted by Crippen LogP contribution is 2.76. The lowest BCUT2D eigenvalue weighted by Crippen LogP contribution is -2.68. The fourth-order valence-electron chi connectivity index (χ4n) is 13.7. The Morgan fingerprint density at radius 2 is 1.69 bits per heavy atom. The second-order valence-corrected chi connectivity index (χ2v) is 20.8. The summed E-state index contributed by atoms with van der Waals surface area (Å²) in [5, 5.41) is 4.18. The van der Waals surface area contributed by atoms with Crippen molar-refractivity contribution in [1.29, 1.82) is 0 Å². The van der Waals surface area contributed by atoms with Crippen LogP contribution in [0.3, 0.4) is 0 Å². The molecule has 0 aromatic heterocycles. The van der Waals surface area contributed by atoms with Gasteiger partial charge in [-0.3, -0.25) is 0 Å². The molecule has 0 amide bonds. The van der Waals surface area contributed by atoms with Crippen LogP contribution in [-0.2, 0) is 14.6 Å². The van der Waals surface area contributed by atoms with E-state index in [0.717, 1.165) is 31.0 Å². The molecule has 49 heavy (non-hydrogen) atoms. The van der Waals surface area contributed by atoms with Crippen molar-refractivity contribution in [2.75, 3.05) is 44.8 Å². The molecule has 7 rings (SSSR count). The highest BCUT2D eigenvalue weighted by Gasteiger charge is 2.70. The highest BCUT2D eigenvalue weighted by molar-refractivity contribution is 7.91. The Morgan fingerprint density at radius 3 is 2.39 bits per heavy atom. The molecule has 9 atom stereocenters. The van der Waals surface area contributed by atoms with Crippen molar-refractivity contribution in [3.63, 3.8) is 0 Å². The Hall–Kier alpha value is -1.77. The van der Waals surface area contributed by atoms with Crippen molar-refractivity contribution >= 4 is 21.4 Å². The number of nitrogens with zero attached hydrogens (tertiary/aromatic N) is 1. The number of rotatable bonds is 6. The molecule has 1 aliphatic heterocycles. The first-order chi connectivity index (χ1) is 23.0. The third kappa shape index (κ3) is 5.42. The summed E-state index contributed by atoms with van der Waals surface area (Å²) >= 11 is 0. The topological polar surface area (TPSA) is 75.7 Å². The van der Waals surface area contributed by atoms with Crippen LogP contribution < -0.4 is 5.32 Å². The number of halogens is 1. The van der Waals surface area contributed by atoms with Crippen molar-refractivity contribution in [2.24, 2.45) is 51.2 Å². The molecule has 1 aromatic carbocycles. The number of nitrogens with one attached hydrogen (secondary N) is 1. The first-order valence-corrected chi connectivity index (χ1v) is 21.1. The van der Waals surface area contributed by atoms with Gasteiger partial charge in [-0.2, -0.15) is 0 Å². The normalized spacial score (nSPS) is 42.6. The zero-order chi connectivity index (χ0) is 35.2. The number of carbonyl (C=O) groups excluding carboxylic acids is 1. The molecule has 0 bridgehead atoms. The zero-order valence-corrected chi connectivity index (χ0v) is 32.0. The number of hydrogen-bond donors (Lipinski definition) is 1. The van der Waals surface area contributed by atoms with Gasteiger partial charge in [0, 0.05) is 31.7 Å². The Morgan fingerprint density at radius 1 is 0.959 bits per heavy atom. The maximum absolute atomic E-state index is 15.1. The molecule has 0 unspecified atom stereocenters. The van der Waals surface area contributed by atoms with E-state index in [1.54, 1.807) is 12.1 Å². The van der Waals surface area contributed by atoms with E-state index in [2.05, 4.69) is 57.8 Å². The average Bonchev–Trinajstić information content (AvgIpc) is 3.37. The fourth-order valence-corrected chi connectivity index (χ4v) is 15.0. The summed E-state index contributed by atoms with van der Waals surface area (Å²) in [5.74, 6) is 2.72. The number of benzene rings is 1. The lowest BCUT2D eigenvalue weighted by Gasteiger charge is -2.72. The first kappa shape index (κ1) is 35.6. The molecule has 1 aromatic rings. The monoisotopic (exact) mass is 696 g/mol. The summed E-state index contributed by atoms with van der Waals surface area (Å²) in [6, 6.07) is 5.04. The number of carbonyl (C=O) groups is 1. The van der Waals surface area contributed by atoms with Gasteiger partial charge in [0.15, 0.2) is 9.84 Å². The summed E-state index contributed by atoms with van der Waals surface area (Å²) in [7, 11) is -1.56. The van der Waals surface area contributed by atoms with Gasteiger partial charge in [-0.05, 0) is 132 Å². The number of hydrogen-bond acceptors (Lipinski definition) is 6. The summed E-state index contributed by atoms with van der Waals surface area (Å²) in [6.45, 7) is 18.5. The van der Waals surface area contributed by atoms with E-state index in [1.165, 1.54) is 64.0 Å². The molecule has 8 heteroatoms. The zero-order valence-electron chi connectivity index (χ0n) is 31.2. The quantitative estimate of drug-likeness (QED) is 0.307. The van der Waals surface area contributed by atoms with E-state index in [9.17, 15) is 13.2 Å². The summed E-state index contributed by atoms with van der Waals surface area (Å²) in [5.41, 5.74) is 2.92. The fraction of sp³-hybridized carbons (Fsp3) is 0.780. The standard InChI is InChI=1S/C41H61FN2O4S/c1-27-12-17-41(43-20-21-44-22-24-49(46,47)25-23-44)19-18-39(5)31(35(27)41)10-11-34-38(4)15-13-30(37(2,3)33(38)14-16-40(34,39)6)28-8-9-29(32(42)26-28)36(45)48-7/h8-9,13,26-27,31,33-35,43H,10-12,14-25H2,1-7H3/t27-,31-,33+,34-,35-,38+,39-,40-,41+/m1/s1. The third-order valence-electron chi connectivity index (χ3n) is 16.4. The van der Waals surface area contributed by atoms with Gasteiger partial charge in [-0.25, -0.2) is 17.6 Å². The minimum absolute atomic E-state index is 0.00773. The number of ether oxygens (including phenoxy) is 1. The van der Waals surface area contributed by atoms with E-state index in [0.29, 0.717) is 53.7 Å². The van der Waals surface area contributed by atoms with Gasteiger partial charge >= 0.3 is 5.97 Å². The molecule has 1 N–H and O–H groups in total. The van der Waals surface area contributed by atoms with Crippen LogP contribution in [0, 0.1) is 57.1 Å². The Balaban J connectivity index is 1.12. The second-order valence-electron chi connectivity index (χ2n) is 18.5. The molecule has 6 nitrogen and oxygen atoms in total. The lowest BCUT2D eigenvalue weighted by atomic mass is 9.33. The van der Waals surface area contributed by atoms with Gasteiger partial charge in [0.1, 0.15) is 5.82 Å². The van der Waals surface area contributed by atoms with Crippen molar-refractivity contribution in [3.8, 4) is 0 Å². The van der Waals surface area contributed by atoms with Gasteiger partial charge in [0.05, 0.1) is 24.2 Å². The van der Waals surface area contributed by atoms with Crippen LogP contribution >= 0.6 is 0 Å². The Kier molecular flexibility index (Phi) is 8.83. The largest absolute Gasteiger partial charge is 0.465 e. The highest BCUT2D eigenvalue weighted by atomic mass is 32.2. The molecular weight excluding hydrogens is 636 g/mol. The van der Waals surface area contributed by atoms with Crippen LogP contribution in [0.4, 0.5) is 4.39 Å². The van der Waals surface area contributed by atoms with Gasteiger partial charge in [0.2, 0.25) is 0 Å². The van der Waals surface area contributed by atoms with E-state index < -0.39 is 21.6 Å². The summed E-state index contributed by atoms with van der Waals surface area (Å²) < 4.78 is 43.9. The molecular formula is C41H61FN2O4S. The van der Waals surface area contributed by atoms with Crippen LogP contribution in [0.1, 0.15) is 115 Å². The summed E-state index contributed by atoms with van der Waals surface area (Å²) in [4.78, 5) is 14.4. The molecule has 1 heterocycles. The van der Waals surface area contributed by atoms with E-state index in [1.807, 2.05) is 6.07 Å². The molecule has 1 saturated heterocycles. The molecule has 0 spiro atoms. The maximum atomic E-state index is 15.1. The molecule has 6 aliphatic rings. The van der Waals surface area contributed by atoms with E-state index >= 15 is 4.39 Å². The first-order valence-electron chi connectivity index (χ1n) is 19.3. The number of sulfone groups is 1. The van der Waals surface area contributed by atoms with Crippen molar-refractivity contribution in [3.05, 3.63) is 41.2 Å². The van der Waals surface area contributed by atoms with Crippen molar-refractivity contribution in [1.82, 2.24) is 10.2 Å². The number of allylic oxidation sites excluding steroid dienone is 2. The van der Waals surface area contributed by atoms with Crippen molar-refractivity contribution < 1.29 is 22.3 Å². The Bertz CT molecular complexity index is 1610. The van der Waals surface area contributed by atoms with Crippen LogP contribution in [0.15, 0.2) is 24.3 Å². The van der Waals surface area contributed by atoms with Crippen molar-refractivity contribution in [2.45, 2.75) is 105 Å². The molecule has 4 saturated carbocycles. The van der Waals surface area contributed by atoms with Gasteiger partial charge < -0.3 is 15.0 Å². The lowest BCUT2D eigenvalue weighted by molar-refractivity contribution is -0.220. The minimum atomic E-state index is -2.85. The van der Waals surface area contributed by atoms with Gasteiger partial charge in [-0.1, -0.05) is 53.7 Å². The van der Waals surface area contributed by atoms with E-state index in [-0.39, 0.29) is 27.3 Å². The minimum Gasteiger partial charge on any atom is -0.465 e. The molecule has 5 aliphatic carbocycles.